The van der Waals surface area contributed by atoms with Gasteiger partial charge in [0.25, 0.3) is 5.91 Å². The fraction of sp³-hybridized carbons (Fsp3) is 0.174. The van der Waals surface area contributed by atoms with E-state index in [1.54, 1.807) is 18.3 Å². The number of hydrogen-bond donors (Lipinski definition) is 1. The number of hydrogen-bond acceptors (Lipinski definition) is 3. The van der Waals surface area contributed by atoms with E-state index in [0.717, 1.165) is 22.0 Å². The number of carbonyl (C=O) groups excluding carboxylic acids is 1. The molecule has 146 valence electrons. The first kappa shape index (κ1) is 18.8. The first-order chi connectivity index (χ1) is 13.9. The SMILES string of the molecule is Cc1ccc2cc(C(=O)NC(c3ccc(F)cc3)c3nccn3C)c(C)nc2c1. The summed E-state index contributed by atoms with van der Waals surface area (Å²) in [6.07, 6.45) is 3.48. The van der Waals surface area contributed by atoms with E-state index in [0.29, 0.717) is 17.1 Å². The van der Waals surface area contributed by atoms with E-state index in [1.807, 2.05) is 55.9 Å². The highest BCUT2D eigenvalue weighted by atomic mass is 19.1. The summed E-state index contributed by atoms with van der Waals surface area (Å²) < 4.78 is 15.2. The number of imidazole rings is 1. The van der Waals surface area contributed by atoms with Gasteiger partial charge in [-0.05, 0) is 49.2 Å². The van der Waals surface area contributed by atoms with Crippen LogP contribution in [0.25, 0.3) is 10.9 Å². The highest BCUT2D eigenvalue weighted by Gasteiger charge is 2.23. The zero-order valence-corrected chi connectivity index (χ0v) is 16.5. The van der Waals surface area contributed by atoms with E-state index in [4.69, 9.17) is 0 Å². The van der Waals surface area contributed by atoms with Crippen molar-refractivity contribution in [3.05, 3.63) is 95.0 Å². The van der Waals surface area contributed by atoms with Gasteiger partial charge >= 0.3 is 0 Å². The zero-order valence-electron chi connectivity index (χ0n) is 16.5. The van der Waals surface area contributed by atoms with Gasteiger partial charge in [-0.1, -0.05) is 24.3 Å². The maximum absolute atomic E-state index is 13.4. The second kappa shape index (κ2) is 7.47. The van der Waals surface area contributed by atoms with Crippen LogP contribution >= 0.6 is 0 Å². The highest BCUT2D eigenvalue weighted by Crippen LogP contribution is 2.23. The van der Waals surface area contributed by atoms with Crippen molar-refractivity contribution in [1.29, 1.82) is 0 Å². The van der Waals surface area contributed by atoms with E-state index < -0.39 is 6.04 Å². The molecule has 0 aliphatic rings. The van der Waals surface area contributed by atoms with Gasteiger partial charge in [0, 0.05) is 24.8 Å². The normalized spacial score (nSPS) is 12.1. The Morgan fingerprint density at radius 1 is 1.10 bits per heavy atom. The molecule has 2 aromatic heterocycles. The number of nitrogens with zero attached hydrogens (tertiary/aromatic N) is 3. The van der Waals surface area contributed by atoms with Gasteiger partial charge in [0.2, 0.25) is 0 Å². The summed E-state index contributed by atoms with van der Waals surface area (Å²) >= 11 is 0. The second-order valence-electron chi connectivity index (χ2n) is 7.17. The molecule has 0 radical (unpaired) electrons. The minimum absolute atomic E-state index is 0.255. The van der Waals surface area contributed by atoms with Crippen LogP contribution in [-0.2, 0) is 7.05 Å². The number of pyridine rings is 1. The summed E-state index contributed by atoms with van der Waals surface area (Å²) in [5.74, 6) is 0.0744. The molecule has 6 heteroatoms. The molecule has 1 atom stereocenters. The van der Waals surface area contributed by atoms with E-state index in [1.165, 1.54) is 12.1 Å². The predicted molar refractivity (Wildman–Crippen MR) is 110 cm³/mol. The van der Waals surface area contributed by atoms with Gasteiger partial charge < -0.3 is 9.88 Å². The van der Waals surface area contributed by atoms with Crippen LogP contribution in [0.2, 0.25) is 0 Å². The monoisotopic (exact) mass is 388 g/mol. The van der Waals surface area contributed by atoms with Gasteiger partial charge in [0.1, 0.15) is 17.7 Å². The van der Waals surface area contributed by atoms with Crippen molar-refractivity contribution < 1.29 is 9.18 Å². The maximum Gasteiger partial charge on any atom is 0.253 e. The van der Waals surface area contributed by atoms with E-state index in [2.05, 4.69) is 15.3 Å². The molecule has 0 aliphatic carbocycles. The molecule has 0 aliphatic heterocycles. The smallest absolute Gasteiger partial charge is 0.253 e. The Labute approximate surface area is 168 Å². The minimum Gasteiger partial charge on any atom is -0.338 e. The Morgan fingerprint density at radius 3 is 2.55 bits per heavy atom. The van der Waals surface area contributed by atoms with E-state index >= 15 is 0 Å². The number of halogens is 1. The number of rotatable bonds is 4. The Kier molecular flexibility index (Phi) is 4.84. The molecule has 1 amide bonds. The van der Waals surface area contributed by atoms with Crippen molar-refractivity contribution >= 4 is 16.8 Å². The van der Waals surface area contributed by atoms with Gasteiger partial charge in [0.15, 0.2) is 0 Å². The average molecular weight is 388 g/mol. The lowest BCUT2D eigenvalue weighted by Gasteiger charge is -2.20. The second-order valence-corrected chi connectivity index (χ2v) is 7.17. The summed E-state index contributed by atoms with van der Waals surface area (Å²) in [4.78, 5) is 22.2. The molecule has 4 rings (SSSR count). The molecule has 2 heterocycles. The number of nitrogens with one attached hydrogen (secondary N) is 1. The number of aryl methyl sites for hydroxylation is 3. The average Bonchev–Trinajstić information content (AvgIpc) is 3.11. The Balaban J connectivity index is 1.72. The molecule has 29 heavy (non-hydrogen) atoms. The number of fused-ring (bicyclic) bond motifs is 1. The molecule has 1 unspecified atom stereocenters. The van der Waals surface area contributed by atoms with Crippen LogP contribution in [0.3, 0.4) is 0 Å². The molecular weight excluding hydrogens is 367 g/mol. The van der Waals surface area contributed by atoms with Crippen LogP contribution in [-0.4, -0.2) is 20.4 Å². The molecule has 0 saturated heterocycles. The third-order valence-electron chi connectivity index (χ3n) is 5.00. The van der Waals surface area contributed by atoms with Crippen LogP contribution < -0.4 is 5.32 Å². The summed E-state index contributed by atoms with van der Waals surface area (Å²) in [6.45, 7) is 3.83. The lowest BCUT2D eigenvalue weighted by atomic mass is 10.0. The molecule has 0 fully saturated rings. The van der Waals surface area contributed by atoms with Crippen LogP contribution in [0.15, 0.2) is 60.9 Å². The third kappa shape index (κ3) is 3.74. The van der Waals surface area contributed by atoms with Crippen LogP contribution in [0.4, 0.5) is 4.39 Å². The zero-order chi connectivity index (χ0) is 20.5. The summed E-state index contributed by atoms with van der Waals surface area (Å²) in [6, 6.07) is 13.4. The first-order valence-electron chi connectivity index (χ1n) is 9.34. The first-order valence-corrected chi connectivity index (χ1v) is 9.34. The standard InChI is InChI=1S/C23H21FN4O/c1-14-4-5-17-13-19(15(2)26-20(17)12-14)23(29)27-21(22-25-10-11-28(22)3)16-6-8-18(24)9-7-16/h4-13,21H,1-3H3,(H,27,29). The van der Waals surface area contributed by atoms with Gasteiger partial charge in [-0.15, -0.1) is 0 Å². The number of benzene rings is 2. The largest absolute Gasteiger partial charge is 0.338 e. The van der Waals surface area contributed by atoms with Crippen molar-refractivity contribution in [3.63, 3.8) is 0 Å². The maximum atomic E-state index is 13.4. The van der Waals surface area contributed by atoms with Crippen molar-refractivity contribution in [2.75, 3.05) is 0 Å². The van der Waals surface area contributed by atoms with E-state index in [-0.39, 0.29) is 11.7 Å². The Hall–Kier alpha value is -3.54. The molecule has 0 bridgehead atoms. The van der Waals surface area contributed by atoms with Gasteiger partial charge in [-0.25, -0.2) is 9.37 Å². The minimum atomic E-state index is -0.517. The number of aromatic nitrogens is 3. The molecule has 4 aromatic rings. The lowest BCUT2D eigenvalue weighted by molar-refractivity contribution is 0.0940. The van der Waals surface area contributed by atoms with Crippen molar-refractivity contribution in [1.82, 2.24) is 19.9 Å². The third-order valence-corrected chi connectivity index (χ3v) is 5.00. The van der Waals surface area contributed by atoms with E-state index in [9.17, 15) is 9.18 Å². The lowest BCUT2D eigenvalue weighted by Crippen LogP contribution is -2.31. The van der Waals surface area contributed by atoms with Gasteiger partial charge in [-0.3, -0.25) is 9.78 Å². The molecular formula is C23H21FN4O. The molecule has 0 spiro atoms. The van der Waals surface area contributed by atoms with Crippen LogP contribution in [0.1, 0.15) is 39.0 Å². The molecule has 2 aromatic carbocycles. The Morgan fingerprint density at radius 2 is 1.86 bits per heavy atom. The fourth-order valence-corrected chi connectivity index (χ4v) is 3.42. The number of carbonyl (C=O) groups is 1. The van der Waals surface area contributed by atoms with Crippen molar-refractivity contribution in [2.24, 2.45) is 7.05 Å². The van der Waals surface area contributed by atoms with Crippen LogP contribution in [0, 0.1) is 19.7 Å². The van der Waals surface area contributed by atoms with Gasteiger partial charge in [-0.2, -0.15) is 0 Å². The molecule has 1 N–H and O–H groups in total. The predicted octanol–water partition coefficient (Wildman–Crippen LogP) is 4.24. The number of amides is 1. The quantitative estimate of drug-likeness (QED) is 0.569. The topological polar surface area (TPSA) is 59.8 Å². The van der Waals surface area contributed by atoms with Crippen molar-refractivity contribution in [3.8, 4) is 0 Å². The molecule has 0 saturated carbocycles. The van der Waals surface area contributed by atoms with Gasteiger partial charge in [0.05, 0.1) is 16.8 Å². The van der Waals surface area contributed by atoms with Crippen molar-refractivity contribution in [2.45, 2.75) is 19.9 Å². The molecule has 5 nitrogen and oxygen atoms in total. The Bertz CT molecular complexity index is 1200. The summed E-state index contributed by atoms with van der Waals surface area (Å²) in [5, 5.41) is 3.95. The van der Waals surface area contributed by atoms with Crippen LogP contribution in [0.5, 0.6) is 0 Å². The fourth-order valence-electron chi connectivity index (χ4n) is 3.42. The summed E-state index contributed by atoms with van der Waals surface area (Å²) in [7, 11) is 1.86. The summed E-state index contributed by atoms with van der Waals surface area (Å²) in [5.41, 5.74) is 3.88. The highest BCUT2D eigenvalue weighted by molar-refractivity contribution is 5.99.